The van der Waals surface area contributed by atoms with Gasteiger partial charge in [-0.2, -0.15) is 0 Å². The minimum absolute atomic E-state index is 0.152. The highest BCUT2D eigenvalue weighted by atomic mass is 16.5. The van der Waals surface area contributed by atoms with Gasteiger partial charge in [0, 0.05) is 19.2 Å². The number of hydrogen-bond acceptors (Lipinski definition) is 4. The van der Waals surface area contributed by atoms with Crippen molar-refractivity contribution in [3.63, 3.8) is 0 Å². The van der Waals surface area contributed by atoms with Crippen molar-refractivity contribution in [2.24, 2.45) is 0 Å². The Bertz CT molecular complexity index is 406. The molecule has 1 fully saturated rings. The largest absolute Gasteiger partial charge is 0.462 e. The molecule has 0 aromatic carbocycles. The average Bonchev–Trinajstić information content (AvgIpc) is 2.74. The fraction of sp³-hybridized carbons (Fsp3) is 0.417. The van der Waals surface area contributed by atoms with Crippen molar-refractivity contribution in [2.75, 3.05) is 26.3 Å². The Labute approximate surface area is 100 Å². The minimum Gasteiger partial charge on any atom is -0.462 e. The monoisotopic (exact) mass is 236 g/mol. The van der Waals surface area contributed by atoms with Gasteiger partial charge >= 0.3 is 0 Å². The summed E-state index contributed by atoms with van der Waals surface area (Å²) >= 11 is 0. The molecule has 1 N–H and O–H groups in total. The summed E-state index contributed by atoms with van der Waals surface area (Å²) in [4.78, 5) is 11.6. The van der Waals surface area contributed by atoms with Gasteiger partial charge in [0.1, 0.15) is 11.5 Å². The van der Waals surface area contributed by atoms with Gasteiger partial charge in [-0.05, 0) is 25.1 Å². The van der Waals surface area contributed by atoms with Crippen LogP contribution in [0.1, 0.15) is 11.5 Å². The van der Waals surface area contributed by atoms with Crippen molar-refractivity contribution in [1.29, 1.82) is 0 Å². The molecule has 1 amide bonds. The maximum absolute atomic E-state index is 11.6. The van der Waals surface area contributed by atoms with E-state index in [0.29, 0.717) is 19.0 Å². The van der Waals surface area contributed by atoms with E-state index in [1.165, 1.54) is 6.08 Å². The third-order valence-electron chi connectivity index (χ3n) is 2.44. The normalized spacial score (nSPS) is 17.5. The zero-order valence-electron chi connectivity index (χ0n) is 9.81. The van der Waals surface area contributed by atoms with Gasteiger partial charge in [-0.15, -0.1) is 0 Å². The Kier molecular flexibility index (Phi) is 3.95. The van der Waals surface area contributed by atoms with Crippen LogP contribution < -0.4 is 5.43 Å². The van der Waals surface area contributed by atoms with Crippen LogP contribution in [0, 0.1) is 6.92 Å². The molecule has 0 atom stereocenters. The number of carbonyl (C=O) groups excluding carboxylic acids is 1. The Hall–Kier alpha value is -1.59. The van der Waals surface area contributed by atoms with Gasteiger partial charge in [-0.25, -0.2) is 5.01 Å². The van der Waals surface area contributed by atoms with Gasteiger partial charge in [0.25, 0.3) is 5.91 Å². The summed E-state index contributed by atoms with van der Waals surface area (Å²) in [6, 6.07) is 3.69. The Morgan fingerprint density at radius 3 is 2.82 bits per heavy atom. The minimum atomic E-state index is -0.152. The van der Waals surface area contributed by atoms with Crippen LogP contribution in [0.4, 0.5) is 0 Å². The molecular formula is C12H16N2O3. The lowest BCUT2D eigenvalue weighted by molar-refractivity contribution is -0.123. The van der Waals surface area contributed by atoms with Gasteiger partial charge in [-0.3, -0.25) is 10.2 Å². The molecule has 92 valence electrons. The summed E-state index contributed by atoms with van der Waals surface area (Å²) in [6.45, 7) is 4.62. The number of ether oxygens (including phenoxy) is 1. The number of rotatable bonds is 3. The van der Waals surface area contributed by atoms with E-state index in [1.807, 2.05) is 24.1 Å². The second-order valence-corrected chi connectivity index (χ2v) is 3.86. The highest BCUT2D eigenvalue weighted by molar-refractivity contribution is 5.90. The second-order valence-electron chi connectivity index (χ2n) is 3.86. The number of amides is 1. The van der Waals surface area contributed by atoms with Crippen LogP contribution in [0.2, 0.25) is 0 Å². The molecule has 1 aliphatic rings. The number of hydrazine groups is 1. The van der Waals surface area contributed by atoms with Crippen molar-refractivity contribution in [2.45, 2.75) is 6.92 Å². The van der Waals surface area contributed by atoms with Crippen LogP contribution in [-0.4, -0.2) is 37.2 Å². The summed E-state index contributed by atoms with van der Waals surface area (Å²) in [5.74, 6) is 1.36. The molecule has 0 aliphatic carbocycles. The predicted molar refractivity (Wildman–Crippen MR) is 63.0 cm³/mol. The maximum Gasteiger partial charge on any atom is 0.258 e. The smallest absolute Gasteiger partial charge is 0.258 e. The quantitative estimate of drug-likeness (QED) is 0.794. The third kappa shape index (κ3) is 3.72. The molecule has 0 spiro atoms. The Morgan fingerprint density at radius 1 is 1.41 bits per heavy atom. The van der Waals surface area contributed by atoms with E-state index in [0.717, 1.165) is 18.8 Å². The molecule has 0 radical (unpaired) electrons. The van der Waals surface area contributed by atoms with Gasteiger partial charge in [0.05, 0.1) is 13.2 Å². The Morgan fingerprint density at radius 2 is 2.18 bits per heavy atom. The van der Waals surface area contributed by atoms with E-state index in [9.17, 15) is 4.79 Å². The average molecular weight is 236 g/mol. The zero-order chi connectivity index (χ0) is 12.1. The van der Waals surface area contributed by atoms with E-state index < -0.39 is 0 Å². The fourth-order valence-electron chi connectivity index (χ4n) is 1.57. The Balaban J connectivity index is 1.82. The molecule has 5 nitrogen and oxygen atoms in total. The van der Waals surface area contributed by atoms with Crippen LogP contribution in [0.15, 0.2) is 22.6 Å². The molecule has 0 unspecified atom stereocenters. The molecule has 2 rings (SSSR count). The van der Waals surface area contributed by atoms with Crippen molar-refractivity contribution < 1.29 is 13.9 Å². The number of aryl methyl sites for hydroxylation is 1. The molecule has 1 aliphatic heterocycles. The van der Waals surface area contributed by atoms with Crippen molar-refractivity contribution >= 4 is 12.0 Å². The fourth-order valence-corrected chi connectivity index (χ4v) is 1.57. The van der Waals surface area contributed by atoms with E-state index in [-0.39, 0.29) is 5.91 Å². The first-order valence-corrected chi connectivity index (χ1v) is 5.62. The number of carbonyl (C=O) groups is 1. The molecule has 1 aromatic rings. The van der Waals surface area contributed by atoms with E-state index in [1.54, 1.807) is 6.08 Å². The van der Waals surface area contributed by atoms with Crippen LogP contribution >= 0.6 is 0 Å². The standard InChI is InChI=1S/C12H16N2O3/c1-10-2-3-11(17-10)4-5-12(15)13-14-6-8-16-9-7-14/h2-5H,6-9H2,1H3,(H,13,15)/b5-4+. The SMILES string of the molecule is Cc1ccc(/C=C/C(=O)NN2CCOCC2)o1. The zero-order valence-corrected chi connectivity index (χ0v) is 9.81. The van der Waals surface area contributed by atoms with Crippen molar-refractivity contribution in [3.05, 3.63) is 29.7 Å². The summed E-state index contributed by atoms with van der Waals surface area (Å²) in [6.07, 6.45) is 3.12. The summed E-state index contributed by atoms with van der Waals surface area (Å²) in [7, 11) is 0. The molecule has 17 heavy (non-hydrogen) atoms. The second kappa shape index (κ2) is 5.65. The summed E-state index contributed by atoms with van der Waals surface area (Å²) in [5.41, 5.74) is 2.78. The van der Waals surface area contributed by atoms with E-state index in [4.69, 9.17) is 9.15 Å². The predicted octanol–water partition coefficient (Wildman–Crippen LogP) is 0.965. The number of furan rings is 1. The van der Waals surface area contributed by atoms with Gasteiger partial charge in [-0.1, -0.05) is 0 Å². The van der Waals surface area contributed by atoms with Crippen LogP contribution in [-0.2, 0) is 9.53 Å². The summed E-state index contributed by atoms with van der Waals surface area (Å²) < 4.78 is 10.5. The highest BCUT2D eigenvalue weighted by Crippen LogP contribution is 2.07. The van der Waals surface area contributed by atoms with E-state index in [2.05, 4.69) is 5.43 Å². The molecule has 1 aromatic heterocycles. The highest BCUT2D eigenvalue weighted by Gasteiger charge is 2.11. The number of nitrogens with zero attached hydrogens (tertiary/aromatic N) is 1. The van der Waals surface area contributed by atoms with Crippen LogP contribution in [0.3, 0.4) is 0 Å². The number of nitrogens with one attached hydrogen (secondary N) is 1. The molecule has 0 bridgehead atoms. The molecule has 5 heteroatoms. The van der Waals surface area contributed by atoms with Gasteiger partial charge < -0.3 is 9.15 Å². The maximum atomic E-state index is 11.6. The van der Waals surface area contributed by atoms with E-state index >= 15 is 0 Å². The topological polar surface area (TPSA) is 54.7 Å². The molecular weight excluding hydrogens is 220 g/mol. The first kappa shape index (κ1) is 11.9. The van der Waals surface area contributed by atoms with Gasteiger partial charge in [0.2, 0.25) is 0 Å². The number of hydrogen-bond donors (Lipinski definition) is 1. The molecule has 0 saturated carbocycles. The summed E-state index contributed by atoms with van der Waals surface area (Å²) in [5, 5.41) is 1.85. The molecule has 2 heterocycles. The molecule has 1 saturated heterocycles. The number of morpholine rings is 1. The first-order valence-electron chi connectivity index (χ1n) is 5.62. The van der Waals surface area contributed by atoms with Gasteiger partial charge in [0.15, 0.2) is 0 Å². The van der Waals surface area contributed by atoms with Crippen LogP contribution in [0.5, 0.6) is 0 Å². The lowest BCUT2D eigenvalue weighted by Gasteiger charge is -2.26. The van der Waals surface area contributed by atoms with Crippen LogP contribution in [0.25, 0.3) is 6.08 Å². The van der Waals surface area contributed by atoms with Crippen molar-refractivity contribution in [1.82, 2.24) is 10.4 Å². The lowest BCUT2D eigenvalue weighted by Crippen LogP contribution is -2.47. The first-order chi connectivity index (χ1) is 8.24. The third-order valence-corrected chi connectivity index (χ3v) is 2.44. The van der Waals surface area contributed by atoms with Crippen molar-refractivity contribution in [3.8, 4) is 0 Å². The lowest BCUT2D eigenvalue weighted by atomic mass is 10.4.